The number of rotatable bonds is 24. The number of ether oxygens (including phenoxy) is 3. The molecule has 0 saturated carbocycles. The molecule has 1 aliphatic rings. The van der Waals surface area contributed by atoms with Gasteiger partial charge < -0.3 is 19.3 Å². The molecule has 0 aromatic heterocycles. The Hall–Kier alpha value is -0.160. The fraction of sp³-hybridized carbons (Fsp3) is 1.00. The molecule has 0 aliphatic carbocycles. The third-order valence-corrected chi connectivity index (χ3v) is 6.41. The molecule has 0 unspecified atom stereocenters. The van der Waals surface area contributed by atoms with E-state index in [1.807, 2.05) is 0 Å². The molecular weight excluding hydrogens is 388 g/mol. The van der Waals surface area contributed by atoms with Gasteiger partial charge in [0.2, 0.25) is 0 Å². The van der Waals surface area contributed by atoms with Crippen molar-refractivity contribution in [2.75, 3.05) is 39.6 Å². The highest BCUT2D eigenvalue weighted by Gasteiger charge is 2.25. The summed E-state index contributed by atoms with van der Waals surface area (Å²) in [5.74, 6) is 0.546. The zero-order chi connectivity index (χ0) is 22.2. The van der Waals surface area contributed by atoms with Gasteiger partial charge in [0.1, 0.15) is 0 Å². The molecule has 1 rings (SSSR count). The Bertz CT molecular complexity index is 350. The lowest BCUT2D eigenvalue weighted by molar-refractivity contribution is 0.0140. The number of hydrogen-bond acceptors (Lipinski definition) is 4. The van der Waals surface area contributed by atoms with Gasteiger partial charge >= 0.3 is 0 Å². The van der Waals surface area contributed by atoms with Gasteiger partial charge in [-0.1, -0.05) is 96.8 Å². The zero-order valence-corrected chi connectivity index (χ0v) is 20.8. The summed E-state index contributed by atoms with van der Waals surface area (Å²) in [6, 6.07) is 0. The Morgan fingerprint density at radius 1 is 0.645 bits per heavy atom. The predicted octanol–water partition coefficient (Wildman–Crippen LogP) is 7.07. The second-order valence-electron chi connectivity index (χ2n) is 9.59. The van der Waals surface area contributed by atoms with Crippen LogP contribution < -0.4 is 0 Å². The van der Waals surface area contributed by atoms with Gasteiger partial charge in [0.15, 0.2) is 0 Å². The van der Waals surface area contributed by atoms with E-state index in [2.05, 4.69) is 6.92 Å². The Balaban J connectivity index is 1.76. The zero-order valence-electron chi connectivity index (χ0n) is 20.8. The van der Waals surface area contributed by atoms with Crippen molar-refractivity contribution >= 4 is 0 Å². The van der Waals surface area contributed by atoms with Gasteiger partial charge in [0.05, 0.1) is 25.9 Å². The molecule has 0 spiro atoms. The molecular formula is C27H54O4. The molecule has 1 fully saturated rings. The highest BCUT2D eigenvalue weighted by atomic mass is 16.5. The molecule has 1 N–H and O–H groups in total. The summed E-state index contributed by atoms with van der Waals surface area (Å²) in [6.45, 7) is 6.75. The van der Waals surface area contributed by atoms with Crippen molar-refractivity contribution in [2.24, 2.45) is 5.92 Å². The van der Waals surface area contributed by atoms with Gasteiger partial charge in [-0.2, -0.15) is 0 Å². The van der Waals surface area contributed by atoms with Crippen molar-refractivity contribution in [3.05, 3.63) is 0 Å². The summed E-state index contributed by atoms with van der Waals surface area (Å²) < 4.78 is 17.6. The molecule has 1 saturated heterocycles. The fourth-order valence-corrected chi connectivity index (χ4v) is 4.37. The van der Waals surface area contributed by atoms with Crippen molar-refractivity contribution in [3.63, 3.8) is 0 Å². The third-order valence-electron chi connectivity index (χ3n) is 6.41. The highest BCUT2D eigenvalue weighted by Crippen LogP contribution is 2.20. The van der Waals surface area contributed by atoms with Crippen LogP contribution in [-0.2, 0) is 14.2 Å². The Labute approximate surface area is 193 Å². The van der Waals surface area contributed by atoms with Crippen LogP contribution in [0.15, 0.2) is 0 Å². The van der Waals surface area contributed by atoms with Crippen LogP contribution in [0.2, 0.25) is 0 Å². The molecule has 31 heavy (non-hydrogen) atoms. The van der Waals surface area contributed by atoms with Crippen LogP contribution in [0.1, 0.15) is 122 Å². The van der Waals surface area contributed by atoms with E-state index in [1.165, 1.54) is 89.9 Å². The third kappa shape index (κ3) is 19.1. The first-order valence-corrected chi connectivity index (χ1v) is 13.7. The average Bonchev–Trinajstić information content (AvgIpc) is 3.23. The van der Waals surface area contributed by atoms with Gasteiger partial charge in [0.25, 0.3) is 0 Å². The topological polar surface area (TPSA) is 47.9 Å². The minimum Gasteiger partial charge on any atom is -0.396 e. The van der Waals surface area contributed by atoms with Crippen molar-refractivity contribution in [2.45, 2.75) is 129 Å². The second kappa shape index (κ2) is 23.0. The molecule has 1 heterocycles. The first-order chi connectivity index (χ1) is 15.4. The van der Waals surface area contributed by atoms with E-state index in [9.17, 15) is 0 Å². The molecule has 1 aliphatic heterocycles. The van der Waals surface area contributed by atoms with Crippen LogP contribution in [0, 0.1) is 5.92 Å². The lowest BCUT2D eigenvalue weighted by Gasteiger charge is -2.11. The minimum absolute atomic E-state index is 0.259. The first kappa shape index (κ1) is 28.9. The summed E-state index contributed by atoms with van der Waals surface area (Å²) in [6.07, 6.45) is 23.6. The molecule has 2 atom stereocenters. The summed E-state index contributed by atoms with van der Waals surface area (Å²) in [5, 5.41) is 8.76. The number of aliphatic hydroxyl groups excluding tert-OH is 1. The summed E-state index contributed by atoms with van der Waals surface area (Å²) in [7, 11) is 0. The Morgan fingerprint density at radius 3 is 1.68 bits per heavy atom. The minimum atomic E-state index is 0.259. The van der Waals surface area contributed by atoms with Crippen molar-refractivity contribution in [1.82, 2.24) is 0 Å². The van der Waals surface area contributed by atoms with Crippen LogP contribution in [0.25, 0.3) is 0 Å². The maximum absolute atomic E-state index is 8.76. The van der Waals surface area contributed by atoms with Crippen molar-refractivity contribution < 1.29 is 19.3 Å². The van der Waals surface area contributed by atoms with E-state index in [4.69, 9.17) is 19.3 Å². The SMILES string of the molecule is CCCCCCCCCCCCCCOC[C@@H]1CO[C@@H](COCCCCCCCO)C1. The molecule has 0 radical (unpaired) electrons. The monoisotopic (exact) mass is 442 g/mol. The molecule has 0 aromatic rings. The predicted molar refractivity (Wildman–Crippen MR) is 131 cm³/mol. The van der Waals surface area contributed by atoms with E-state index in [1.54, 1.807) is 0 Å². The first-order valence-electron chi connectivity index (χ1n) is 13.7. The number of unbranched alkanes of at least 4 members (excludes halogenated alkanes) is 15. The van der Waals surface area contributed by atoms with Gasteiger partial charge in [-0.05, 0) is 25.7 Å². The summed E-state index contributed by atoms with van der Waals surface area (Å²) >= 11 is 0. The van der Waals surface area contributed by atoms with Gasteiger partial charge in [-0.25, -0.2) is 0 Å². The lowest BCUT2D eigenvalue weighted by Crippen LogP contribution is -2.15. The lowest BCUT2D eigenvalue weighted by atomic mass is 10.1. The van der Waals surface area contributed by atoms with E-state index >= 15 is 0 Å². The molecule has 0 bridgehead atoms. The maximum atomic E-state index is 8.76. The fourth-order valence-electron chi connectivity index (χ4n) is 4.37. The molecule has 0 amide bonds. The largest absolute Gasteiger partial charge is 0.396 e. The van der Waals surface area contributed by atoms with E-state index in [0.29, 0.717) is 12.5 Å². The Kier molecular flexibility index (Phi) is 21.4. The summed E-state index contributed by atoms with van der Waals surface area (Å²) in [4.78, 5) is 0. The quantitative estimate of drug-likeness (QED) is 0.162. The van der Waals surface area contributed by atoms with Crippen molar-refractivity contribution in [1.29, 1.82) is 0 Å². The molecule has 4 nitrogen and oxygen atoms in total. The van der Waals surface area contributed by atoms with Crippen molar-refractivity contribution in [3.8, 4) is 0 Å². The average molecular weight is 443 g/mol. The van der Waals surface area contributed by atoms with Crippen LogP contribution in [0.4, 0.5) is 0 Å². The molecule has 186 valence electrons. The summed E-state index contributed by atoms with van der Waals surface area (Å²) in [5.41, 5.74) is 0. The van der Waals surface area contributed by atoms with Gasteiger partial charge in [0, 0.05) is 25.7 Å². The van der Waals surface area contributed by atoms with E-state index in [-0.39, 0.29) is 6.10 Å². The Morgan fingerprint density at radius 2 is 1.13 bits per heavy atom. The highest BCUT2D eigenvalue weighted by molar-refractivity contribution is 4.73. The van der Waals surface area contributed by atoms with Crippen LogP contribution >= 0.6 is 0 Å². The maximum Gasteiger partial charge on any atom is 0.0813 e. The normalized spacial score (nSPS) is 18.8. The van der Waals surface area contributed by atoms with Crippen LogP contribution in [0.3, 0.4) is 0 Å². The number of aliphatic hydroxyl groups is 1. The van der Waals surface area contributed by atoms with E-state index in [0.717, 1.165) is 58.7 Å². The standard InChI is InChI=1S/C27H54O4/c1-2-3-4-5-6-7-8-9-10-11-14-17-20-29-23-26-22-27(31-24-26)25-30-21-18-15-12-13-16-19-28/h26-28H,2-25H2,1H3/t26-,27-/m1/s1. The molecule has 0 aromatic carbocycles. The van der Waals surface area contributed by atoms with Gasteiger partial charge in [-0.3, -0.25) is 0 Å². The van der Waals surface area contributed by atoms with Gasteiger partial charge in [-0.15, -0.1) is 0 Å². The van der Waals surface area contributed by atoms with Crippen LogP contribution in [0.5, 0.6) is 0 Å². The second-order valence-corrected chi connectivity index (χ2v) is 9.59. The van der Waals surface area contributed by atoms with Crippen LogP contribution in [-0.4, -0.2) is 50.9 Å². The van der Waals surface area contributed by atoms with E-state index < -0.39 is 0 Å². The number of hydrogen-bond donors (Lipinski definition) is 1. The molecule has 4 heteroatoms. The smallest absolute Gasteiger partial charge is 0.0813 e.